The van der Waals surface area contributed by atoms with Crippen LogP contribution in [-0.2, 0) is 0 Å². The van der Waals surface area contributed by atoms with Gasteiger partial charge in [0.15, 0.2) is 11.6 Å². The molecule has 0 amide bonds. The molecule has 114 valence electrons. The topological polar surface area (TPSA) is 15.3 Å². The predicted octanol–water partition coefficient (Wildman–Crippen LogP) is 3.27. The number of nitrogens with zero attached hydrogens (tertiary/aromatic N) is 1. The van der Waals surface area contributed by atoms with Crippen LogP contribution in [-0.4, -0.2) is 31.1 Å². The van der Waals surface area contributed by atoms with Crippen molar-refractivity contribution in [2.75, 3.05) is 26.2 Å². The standard InChI is InChI=1S/C14H19F3N2.ClH/c1-2-3-12(19-8-6-18-7-9-19)13-10(15)4-5-11(16)14(13)17;/h4-5,12,18H,2-3,6-9H2,1H3;1H/t12-;/m1./s1. The maximum Gasteiger partial charge on any atom is 0.166 e. The van der Waals surface area contributed by atoms with Crippen LogP contribution in [0.25, 0.3) is 0 Å². The summed E-state index contributed by atoms with van der Waals surface area (Å²) >= 11 is 0. The van der Waals surface area contributed by atoms with E-state index in [4.69, 9.17) is 0 Å². The smallest absolute Gasteiger partial charge is 0.166 e. The lowest BCUT2D eigenvalue weighted by molar-refractivity contribution is 0.157. The monoisotopic (exact) mass is 308 g/mol. The Hall–Kier alpha value is -0.780. The Morgan fingerprint density at radius 2 is 1.75 bits per heavy atom. The summed E-state index contributed by atoms with van der Waals surface area (Å²) in [6.45, 7) is 4.99. The molecule has 1 aliphatic rings. The molecule has 0 radical (unpaired) electrons. The molecule has 2 rings (SSSR count). The van der Waals surface area contributed by atoms with E-state index in [2.05, 4.69) is 5.32 Å². The molecule has 1 fully saturated rings. The Balaban J connectivity index is 0.00000200. The number of hydrogen-bond acceptors (Lipinski definition) is 2. The van der Waals surface area contributed by atoms with Gasteiger partial charge in [-0.15, -0.1) is 12.4 Å². The normalized spacial score (nSPS) is 17.6. The summed E-state index contributed by atoms with van der Waals surface area (Å²) in [6, 6.07) is 1.47. The van der Waals surface area contributed by atoms with Gasteiger partial charge in [-0.05, 0) is 18.6 Å². The van der Waals surface area contributed by atoms with Crippen LogP contribution in [0.15, 0.2) is 12.1 Å². The van der Waals surface area contributed by atoms with E-state index in [0.29, 0.717) is 6.42 Å². The average molecular weight is 309 g/mol. The number of piperazine rings is 1. The fraction of sp³-hybridized carbons (Fsp3) is 0.571. The van der Waals surface area contributed by atoms with Crippen molar-refractivity contribution < 1.29 is 13.2 Å². The summed E-state index contributed by atoms with van der Waals surface area (Å²) in [7, 11) is 0. The number of nitrogens with one attached hydrogen (secondary N) is 1. The van der Waals surface area contributed by atoms with Crippen LogP contribution in [0.4, 0.5) is 13.2 Å². The van der Waals surface area contributed by atoms with Crippen molar-refractivity contribution in [3.05, 3.63) is 35.1 Å². The van der Waals surface area contributed by atoms with Gasteiger partial charge >= 0.3 is 0 Å². The highest BCUT2D eigenvalue weighted by Gasteiger charge is 2.28. The molecule has 0 aliphatic carbocycles. The molecule has 0 saturated carbocycles. The Kier molecular flexibility index (Phi) is 6.79. The van der Waals surface area contributed by atoms with Gasteiger partial charge < -0.3 is 5.32 Å². The third-order valence-corrected chi connectivity index (χ3v) is 3.57. The van der Waals surface area contributed by atoms with Gasteiger partial charge in [-0.1, -0.05) is 13.3 Å². The highest BCUT2D eigenvalue weighted by molar-refractivity contribution is 5.85. The molecule has 0 aromatic heterocycles. The summed E-state index contributed by atoms with van der Waals surface area (Å²) in [5, 5.41) is 3.20. The first-order valence-electron chi connectivity index (χ1n) is 6.73. The van der Waals surface area contributed by atoms with E-state index >= 15 is 0 Å². The Morgan fingerprint density at radius 1 is 1.15 bits per heavy atom. The minimum atomic E-state index is -1.04. The largest absolute Gasteiger partial charge is 0.314 e. The van der Waals surface area contributed by atoms with Gasteiger partial charge in [0.05, 0.1) is 0 Å². The van der Waals surface area contributed by atoms with Crippen molar-refractivity contribution in [1.29, 1.82) is 0 Å². The first-order chi connectivity index (χ1) is 9.15. The second-order valence-electron chi connectivity index (χ2n) is 4.85. The Labute approximate surface area is 123 Å². The molecule has 0 bridgehead atoms. The van der Waals surface area contributed by atoms with E-state index in [1.54, 1.807) is 0 Å². The van der Waals surface area contributed by atoms with Crippen molar-refractivity contribution in [2.24, 2.45) is 0 Å². The fourth-order valence-electron chi connectivity index (χ4n) is 2.62. The van der Waals surface area contributed by atoms with Crippen LogP contribution in [0.1, 0.15) is 31.4 Å². The average Bonchev–Trinajstić information content (AvgIpc) is 2.43. The third-order valence-electron chi connectivity index (χ3n) is 3.57. The van der Waals surface area contributed by atoms with Gasteiger partial charge in [-0.3, -0.25) is 4.90 Å². The van der Waals surface area contributed by atoms with Crippen LogP contribution in [0.3, 0.4) is 0 Å². The van der Waals surface area contributed by atoms with Crippen molar-refractivity contribution in [1.82, 2.24) is 10.2 Å². The van der Waals surface area contributed by atoms with Gasteiger partial charge in [0.2, 0.25) is 0 Å². The number of hydrogen-bond donors (Lipinski definition) is 1. The van der Waals surface area contributed by atoms with Gasteiger partial charge in [-0.2, -0.15) is 0 Å². The number of rotatable bonds is 4. The third kappa shape index (κ3) is 3.65. The van der Waals surface area contributed by atoms with Crippen molar-refractivity contribution in [3.63, 3.8) is 0 Å². The second kappa shape index (κ2) is 7.86. The quantitative estimate of drug-likeness (QED) is 0.859. The minimum Gasteiger partial charge on any atom is -0.314 e. The first kappa shape index (κ1) is 17.3. The summed E-state index contributed by atoms with van der Waals surface area (Å²) in [5.41, 5.74) is -0.122. The van der Waals surface area contributed by atoms with Gasteiger partial charge in [-0.25, -0.2) is 13.2 Å². The second-order valence-corrected chi connectivity index (χ2v) is 4.85. The fourth-order valence-corrected chi connectivity index (χ4v) is 2.62. The van der Waals surface area contributed by atoms with E-state index in [1.807, 2.05) is 11.8 Å². The van der Waals surface area contributed by atoms with E-state index in [0.717, 1.165) is 44.7 Å². The lowest BCUT2D eigenvalue weighted by atomic mass is 9.98. The zero-order valence-corrected chi connectivity index (χ0v) is 12.3. The summed E-state index contributed by atoms with van der Waals surface area (Å²) in [5.74, 6) is -2.68. The SMILES string of the molecule is CCC[C@H](c1c(F)ccc(F)c1F)N1CCNCC1.Cl. The molecule has 1 heterocycles. The molecule has 1 N–H and O–H groups in total. The Bertz CT molecular complexity index is 437. The minimum absolute atomic E-state index is 0. The summed E-state index contributed by atoms with van der Waals surface area (Å²) in [6.07, 6.45) is 1.42. The molecule has 1 aliphatic heterocycles. The highest BCUT2D eigenvalue weighted by Crippen LogP contribution is 2.31. The van der Waals surface area contributed by atoms with Crippen LogP contribution in [0, 0.1) is 17.5 Å². The van der Waals surface area contributed by atoms with E-state index in [-0.39, 0.29) is 24.0 Å². The maximum atomic E-state index is 13.9. The van der Waals surface area contributed by atoms with Crippen LogP contribution in [0.5, 0.6) is 0 Å². The van der Waals surface area contributed by atoms with E-state index in [9.17, 15) is 13.2 Å². The lowest BCUT2D eigenvalue weighted by Crippen LogP contribution is -2.45. The molecule has 2 nitrogen and oxygen atoms in total. The zero-order chi connectivity index (χ0) is 13.8. The molecule has 0 spiro atoms. The molecule has 1 atom stereocenters. The zero-order valence-electron chi connectivity index (χ0n) is 11.5. The molecule has 0 unspecified atom stereocenters. The number of benzene rings is 1. The Morgan fingerprint density at radius 3 is 2.35 bits per heavy atom. The predicted molar refractivity (Wildman–Crippen MR) is 75.7 cm³/mol. The molecule has 20 heavy (non-hydrogen) atoms. The molecule has 1 aromatic carbocycles. The van der Waals surface area contributed by atoms with Gasteiger partial charge in [0.25, 0.3) is 0 Å². The van der Waals surface area contributed by atoms with Crippen LogP contribution in [0.2, 0.25) is 0 Å². The first-order valence-corrected chi connectivity index (χ1v) is 6.73. The van der Waals surface area contributed by atoms with E-state index in [1.165, 1.54) is 0 Å². The summed E-state index contributed by atoms with van der Waals surface area (Å²) < 4.78 is 41.2. The van der Waals surface area contributed by atoms with E-state index < -0.39 is 17.5 Å². The molecular formula is C14H20ClF3N2. The summed E-state index contributed by atoms with van der Waals surface area (Å²) in [4.78, 5) is 2.03. The molecule has 1 aromatic rings. The highest BCUT2D eigenvalue weighted by atomic mass is 35.5. The lowest BCUT2D eigenvalue weighted by Gasteiger charge is -2.35. The molecule has 6 heteroatoms. The van der Waals surface area contributed by atoms with Crippen LogP contribution >= 0.6 is 12.4 Å². The maximum absolute atomic E-state index is 13.9. The molecular weight excluding hydrogens is 289 g/mol. The van der Waals surface area contributed by atoms with Gasteiger partial charge in [0.1, 0.15) is 5.82 Å². The molecule has 1 saturated heterocycles. The van der Waals surface area contributed by atoms with Crippen molar-refractivity contribution >= 4 is 12.4 Å². The van der Waals surface area contributed by atoms with Gasteiger partial charge in [0, 0.05) is 37.8 Å². The van der Waals surface area contributed by atoms with Crippen molar-refractivity contribution in [2.45, 2.75) is 25.8 Å². The van der Waals surface area contributed by atoms with Crippen molar-refractivity contribution in [3.8, 4) is 0 Å². The van der Waals surface area contributed by atoms with Crippen LogP contribution < -0.4 is 5.32 Å². The number of halogens is 4.